The SMILES string of the molecule is CCC(Cl)CCNC(=O)c1ccc2c(c1)OCO2. The van der Waals surface area contributed by atoms with Crippen molar-refractivity contribution in [3.05, 3.63) is 23.8 Å². The number of hydrogen-bond acceptors (Lipinski definition) is 3. The van der Waals surface area contributed by atoms with E-state index in [1.54, 1.807) is 18.2 Å². The molecule has 0 spiro atoms. The molecule has 1 N–H and O–H groups in total. The number of alkyl halides is 1. The number of ether oxygens (including phenoxy) is 2. The van der Waals surface area contributed by atoms with E-state index in [1.165, 1.54) is 0 Å². The maximum atomic E-state index is 11.9. The second-order valence-corrected chi connectivity index (χ2v) is 4.74. The summed E-state index contributed by atoms with van der Waals surface area (Å²) in [5.41, 5.74) is 0.571. The Morgan fingerprint density at radius 1 is 1.44 bits per heavy atom. The van der Waals surface area contributed by atoms with E-state index in [-0.39, 0.29) is 18.1 Å². The number of amides is 1. The fraction of sp³-hybridized carbons (Fsp3) is 0.462. The van der Waals surface area contributed by atoms with Crippen LogP contribution in [0.5, 0.6) is 11.5 Å². The summed E-state index contributed by atoms with van der Waals surface area (Å²) >= 11 is 5.98. The van der Waals surface area contributed by atoms with Crippen LogP contribution in [0, 0.1) is 0 Å². The topological polar surface area (TPSA) is 47.6 Å². The molecule has 1 aromatic carbocycles. The zero-order valence-corrected chi connectivity index (χ0v) is 11.0. The van der Waals surface area contributed by atoms with Crippen molar-refractivity contribution in [2.45, 2.75) is 25.1 Å². The number of fused-ring (bicyclic) bond motifs is 1. The second kappa shape index (κ2) is 5.96. The number of carbonyl (C=O) groups is 1. The summed E-state index contributed by atoms with van der Waals surface area (Å²) in [6.45, 7) is 2.82. The van der Waals surface area contributed by atoms with E-state index in [0.717, 1.165) is 12.8 Å². The van der Waals surface area contributed by atoms with E-state index in [2.05, 4.69) is 5.32 Å². The summed E-state index contributed by atoms with van der Waals surface area (Å²) in [7, 11) is 0. The van der Waals surface area contributed by atoms with Crippen molar-refractivity contribution < 1.29 is 14.3 Å². The van der Waals surface area contributed by atoms with E-state index in [0.29, 0.717) is 23.6 Å². The molecule has 1 unspecified atom stereocenters. The molecule has 18 heavy (non-hydrogen) atoms. The lowest BCUT2D eigenvalue weighted by Gasteiger charge is -2.08. The summed E-state index contributed by atoms with van der Waals surface area (Å²) in [6.07, 6.45) is 1.68. The first kappa shape index (κ1) is 13.0. The minimum Gasteiger partial charge on any atom is -0.454 e. The fourth-order valence-electron chi connectivity index (χ4n) is 1.69. The van der Waals surface area contributed by atoms with Gasteiger partial charge in [-0.05, 0) is 31.0 Å². The number of carbonyl (C=O) groups excluding carboxylic acids is 1. The minimum absolute atomic E-state index is 0.113. The van der Waals surface area contributed by atoms with Crippen LogP contribution in [-0.4, -0.2) is 24.6 Å². The third-order valence-corrected chi connectivity index (χ3v) is 3.35. The number of benzene rings is 1. The van der Waals surface area contributed by atoms with Crippen LogP contribution in [-0.2, 0) is 0 Å². The van der Waals surface area contributed by atoms with Gasteiger partial charge >= 0.3 is 0 Å². The molecule has 1 aliphatic rings. The van der Waals surface area contributed by atoms with Gasteiger partial charge in [-0.1, -0.05) is 6.92 Å². The average Bonchev–Trinajstić information content (AvgIpc) is 2.85. The van der Waals surface area contributed by atoms with E-state index >= 15 is 0 Å². The third-order valence-electron chi connectivity index (χ3n) is 2.82. The number of nitrogens with one attached hydrogen (secondary N) is 1. The van der Waals surface area contributed by atoms with Gasteiger partial charge < -0.3 is 14.8 Å². The highest BCUT2D eigenvalue weighted by Gasteiger charge is 2.16. The molecule has 1 amide bonds. The van der Waals surface area contributed by atoms with Crippen LogP contribution in [0.25, 0.3) is 0 Å². The molecule has 0 saturated heterocycles. The van der Waals surface area contributed by atoms with Crippen molar-refractivity contribution in [3.63, 3.8) is 0 Å². The molecule has 0 aliphatic carbocycles. The summed E-state index contributed by atoms with van der Waals surface area (Å²) in [5.74, 6) is 1.18. The lowest BCUT2D eigenvalue weighted by molar-refractivity contribution is 0.0952. The van der Waals surface area contributed by atoms with Gasteiger partial charge in [-0.25, -0.2) is 0 Å². The normalized spacial score (nSPS) is 14.3. The van der Waals surface area contributed by atoms with Crippen molar-refractivity contribution in [2.75, 3.05) is 13.3 Å². The van der Waals surface area contributed by atoms with Gasteiger partial charge in [0, 0.05) is 17.5 Å². The monoisotopic (exact) mass is 269 g/mol. The van der Waals surface area contributed by atoms with Crippen molar-refractivity contribution in [1.29, 1.82) is 0 Å². The largest absolute Gasteiger partial charge is 0.454 e. The second-order valence-electron chi connectivity index (χ2n) is 4.12. The van der Waals surface area contributed by atoms with E-state index < -0.39 is 0 Å². The van der Waals surface area contributed by atoms with Crippen LogP contribution >= 0.6 is 11.6 Å². The van der Waals surface area contributed by atoms with Gasteiger partial charge in [0.2, 0.25) is 6.79 Å². The van der Waals surface area contributed by atoms with Gasteiger partial charge in [0.1, 0.15) is 0 Å². The van der Waals surface area contributed by atoms with Crippen molar-refractivity contribution in [3.8, 4) is 11.5 Å². The molecule has 2 rings (SSSR count). The Balaban J connectivity index is 1.89. The van der Waals surface area contributed by atoms with Crippen LogP contribution in [0.15, 0.2) is 18.2 Å². The first-order chi connectivity index (χ1) is 8.70. The Morgan fingerprint density at radius 3 is 3.00 bits per heavy atom. The molecule has 5 heteroatoms. The third kappa shape index (κ3) is 3.07. The zero-order chi connectivity index (χ0) is 13.0. The summed E-state index contributed by atoms with van der Waals surface area (Å²) in [6, 6.07) is 5.16. The molecule has 1 atom stereocenters. The summed E-state index contributed by atoms with van der Waals surface area (Å²) in [4.78, 5) is 11.9. The number of halogens is 1. The highest BCUT2D eigenvalue weighted by Crippen LogP contribution is 2.32. The predicted molar refractivity (Wildman–Crippen MR) is 69.4 cm³/mol. The van der Waals surface area contributed by atoms with Gasteiger partial charge in [-0.3, -0.25) is 4.79 Å². The Morgan fingerprint density at radius 2 is 2.22 bits per heavy atom. The van der Waals surface area contributed by atoms with E-state index in [1.807, 2.05) is 6.92 Å². The molecule has 98 valence electrons. The van der Waals surface area contributed by atoms with Gasteiger partial charge in [0.25, 0.3) is 5.91 Å². The van der Waals surface area contributed by atoms with Crippen LogP contribution < -0.4 is 14.8 Å². The average molecular weight is 270 g/mol. The first-order valence-electron chi connectivity index (χ1n) is 6.02. The maximum Gasteiger partial charge on any atom is 0.251 e. The number of hydrogen-bond donors (Lipinski definition) is 1. The van der Waals surface area contributed by atoms with Crippen molar-refractivity contribution in [1.82, 2.24) is 5.32 Å². The standard InChI is InChI=1S/C13H16ClNO3/c1-2-10(14)5-6-15-13(16)9-3-4-11-12(7-9)18-8-17-11/h3-4,7,10H,2,5-6,8H2,1H3,(H,15,16). The van der Waals surface area contributed by atoms with Crippen molar-refractivity contribution in [2.24, 2.45) is 0 Å². The van der Waals surface area contributed by atoms with Gasteiger partial charge in [0.15, 0.2) is 11.5 Å². The smallest absolute Gasteiger partial charge is 0.251 e. The predicted octanol–water partition coefficient (Wildman–Crippen LogP) is 2.55. The quantitative estimate of drug-likeness (QED) is 0.836. The van der Waals surface area contributed by atoms with Gasteiger partial charge in [-0.15, -0.1) is 11.6 Å². The Hall–Kier alpha value is -1.42. The highest BCUT2D eigenvalue weighted by atomic mass is 35.5. The number of rotatable bonds is 5. The summed E-state index contributed by atoms with van der Waals surface area (Å²) < 4.78 is 10.4. The molecule has 1 aromatic rings. The Bertz CT molecular complexity index is 436. The Kier molecular flexibility index (Phi) is 4.31. The molecule has 0 radical (unpaired) electrons. The lowest BCUT2D eigenvalue weighted by Crippen LogP contribution is -2.25. The molecule has 4 nitrogen and oxygen atoms in total. The van der Waals surface area contributed by atoms with Crippen molar-refractivity contribution >= 4 is 17.5 Å². The van der Waals surface area contributed by atoms with E-state index in [4.69, 9.17) is 21.1 Å². The molecule has 0 bridgehead atoms. The van der Waals surface area contributed by atoms with Crippen LogP contribution in [0.4, 0.5) is 0 Å². The molecule has 0 fully saturated rings. The van der Waals surface area contributed by atoms with Crippen LogP contribution in [0.3, 0.4) is 0 Å². The van der Waals surface area contributed by atoms with E-state index in [9.17, 15) is 4.79 Å². The molecule has 0 saturated carbocycles. The Labute approximate surface area is 111 Å². The van der Waals surface area contributed by atoms with Crippen LogP contribution in [0.2, 0.25) is 0 Å². The minimum atomic E-state index is -0.117. The molecule has 0 aromatic heterocycles. The van der Waals surface area contributed by atoms with Gasteiger partial charge in [-0.2, -0.15) is 0 Å². The molecule has 1 heterocycles. The highest BCUT2D eigenvalue weighted by molar-refractivity contribution is 6.20. The lowest BCUT2D eigenvalue weighted by atomic mass is 10.2. The first-order valence-corrected chi connectivity index (χ1v) is 6.46. The molecular weight excluding hydrogens is 254 g/mol. The van der Waals surface area contributed by atoms with Gasteiger partial charge in [0.05, 0.1) is 0 Å². The summed E-state index contributed by atoms with van der Waals surface area (Å²) in [5, 5.41) is 2.95. The maximum absolute atomic E-state index is 11.9. The molecule has 1 aliphatic heterocycles. The fourth-order valence-corrected chi connectivity index (χ4v) is 1.80. The molecular formula is C13H16ClNO3. The zero-order valence-electron chi connectivity index (χ0n) is 10.2. The van der Waals surface area contributed by atoms with Crippen LogP contribution in [0.1, 0.15) is 30.1 Å².